The zero-order valence-electron chi connectivity index (χ0n) is 13.0. The first-order valence-corrected chi connectivity index (χ1v) is 7.01. The summed E-state index contributed by atoms with van der Waals surface area (Å²) in [6.45, 7) is 4.09. The molecule has 0 aliphatic heterocycles. The first-order chi connectivity index (χ1) is 10.2. The highest BCUT2D eigenvalue weighted by Crippen LogP contribution is 2.23. The van der Waals surface area contributed by atoms with E-state index in [1.807, 2.05) is 55.5 Å². The summed E-state index contributed by atoms with van der Waals surface area (Å²) in [6.07, 6.45) is 0. The van der Waals surface area contributed by atoms with Crippen molar-refractivity contribution in [3.05, 3.63) is 65.2 Å². The molecule has 0 aliphatic carbocycles. The molecule has 0 bridgehead atoms. The van der Waals surface area contributed by atoms with Crippen molar-refractivity contribution in [1.82, 2.24) is 5.32 Å². The van der Waals surface area contributed by atoms with Crippen molar-refractivity contribution in [2.45, 2.75) is 25.9 Å². The van der Waals surface area contributed by atoms with Crippen molar-refractivity contribution in [1.29, 1.82) is 5.26 Å². The monoisotopic (exact) mass is 316 g/mol. The van der Waals surface area contributed by atoms with Gasteiger partial charge < -0.3 is 4.74 Å². The first-order valence-electron chi connectivity index (χ1n) is 7.01. The predicted octanol–water partition coefficient (Wildman–Crippen LogP) is 4.34. The molecule has 0 spiro atoms. The van der Waals surface area contributed by atoms with E-state index in [-0.39, 0.29) is 24.5 Å². The molecule has 1 N–H and O–H groups in total. The Balaban J connectivity index is 0.00000242. The summed E-state index contributed by atoms with van der Waals surface area (Å²) in [5.41, 5.74) is 3.28. The van der Waals surface area contributed by atoms with E-state index in [4.69, 9.17) is 4.74 Å². The molecule has 0 saturated carbocycles. The normalized spacial score (nSPS) is 12.6. The van der Waals surface area contributed by atoms with E-state index in [1.54, 1.807) is 7.11 Å². The highest BCUT2D eigenvalue weighted by molar-refractivity contribution is 5.85. The largest absolute Gasteiger partial charge is 0.497 e. The Morgan fingerprint density at radius 3 is 2.27 bits per heavy atom. The third-order valence-corrected chi connectivity index (χ3v) is 3.66. The van der Waals surface area contributed by atoms with Gasteiger partial charge in [-0.1, -0.05) is 36.4 Å². The second-order valence-corrected chi connectivity index (χ2v) is 5.08. The first kappa shape index (κ1) is 18.0. The maximum atomic E-state index is 9.45. The minimum absolute atomic E-state index is 0. The topological polar surface area (TPSA) is 45.0 Å². The van der Waals surface area contributed by atoms with Gasteiger partial charge in [0.15, 0.2) is 0 Å². The second-order valence-electron chi connectivity index (χ2n) is 5.08. The number of nitrogens with zero attached hydrogens (tertiary/aromatic N) is 1. The van der Waals surface area contributed by atoms with Crippen molar-refractivity contribution < 1.29 is 4.74 Å². The van der Waals surface area contributed by atoms with E-state index in [0.29, 0.717) is 0 Å². The molecule has 2 rings (SSSR count). The molecule has 2 atom stereocenters. The third-order valence-electron chi connectivity index (χ3n) is 3.66. The van der Waals surface area contributed by atoms with E-state index in [2.05, 4.69) is 18.3 Å². The van der Waals surface area contributed by atoms with Crippen LogP contribution in [-0.4, -0.2) is 7.11 Å². The fourth-order valence-corrected chi connectivity index (χ4v) is 2.35. The molecule has 3 nitrogen and oxygen atoms in total. The molecular weight excluding hydrogens is 296 g/mol. The molecule has 0 fully saturated rings. The lowest BCUT2D eigenvalue weighted by Gasteiger charge is -2.20. The van der Waals surface area contributed by atoms with Gasteiger partial charge in [0.25, 0.3) is 0 Å². The molecule has 0 amide bonds. The Bertz CT molecular complexity index is 634. The molecule has 0 heterocycles. The lowest BCUT2D eigenvalue weighted by molar-refractivity contribution is 0.414. The standard InChI is InChI=1S/C18H20N2O.ClH/c1-13-6-4-5-7-17(13)18(12-19)20-14(2)15-8-10-16(21-3)11-9-15;/h4-11,14,18,20H,1-3H3;1H/t14-,18+;/m0./s1. The molecule has 0 radical (unpaired) electrons. The van der Waals surface area contributed by atoms with E-state index in [1.165, 1.54) is 0 Å². The summed E-state index contributed by atoms with van der Waals surface area (Å²) < 4.78 is 5.16. The minimum atomic E-state index is -0.316. The summed E-state index contributed by atoms with van der Waals surface area (Å²) in [4.78, 5) is 0. The number of methoxy groups -OCH3 is 1. The fraction of sp³-hybridized carbons (Fsp3) is 0.278. The van der Waals surface area contributed by atoms with Crippen LogP contribution in [0.3, 0.4) is 0 Å². The molecule has 116 valence electrons. The summed E-state index contributed by atoms with van der Waals surface area (Å²) in [6, 6.07) is 18.0. The van der Waals surface area contributed by atoms with Gasteiger partial charge in [-0.3, -0.25) is 5.32 Å². The zero-order valence-corrected chi connectivity index (χ0v) is 13.9. The van der Waals surface area contributed by atoms with Crippen LogP contribution in [0.2, 0.25) is 0 Å². The van der Waals surface area contributed by atoms with Crippen LogP contribution in [-0.2, 0) is 0 Å². The summed E-state index contributed by atoms with van der Waals surface area (Å²) in [5.74, 6) is 0.835. The van der Waals surface area contributed by atoms with E-state index >= 15 is 0 Å². The second kappa shape index (κ2) is 8.43. The number of hydrogen-bond acceptors (Lipinski definition) is 3. The number of nitrogens with one attached hydrogen (secondary N) is 1. The summed E-state index contributed by atoms with van der Waals surface area (Å²) in [7, 11) is 1.65. The molecular formula is C18H21ClN2O. The van der Waals surface area contributed by atoms with Crippen LogP contribution in [0.25, 0.3) is 0 Å². The van der Waals surface area contributed by atoms with Gasteiger partial charge in [0.05, 0.1) is 13.2 Å². The average Bonchev–Trinajstić information content (AvgIpc) is 2.53. The van der Waals surface area contributed by atoms with Crippen LogP contribution in [0.1, 0.15) is 35.7 Å². The van der Waals surface area contributed by atoms with Gasteiger partial charge in [0.1, 0.15) is 11.8 Å². The van der Waals surface area contributed by atoms with E-state index in [9.17, 15) is 5.26 Å². The molecule has 0 aliphatic rings. The van der Waals surface area contributed by atoms with Gasteiger partial charge in [0.2, 0.25) is 0 Å². The zero-order chi connectivity index (χ0) is 15.2. The van der Waals surface area contributed by atoms with Crippen LogP contribution in [0, 0.1) is 18.3 Å². The van der Waals surface area contributed by atoms with Crippen molar-refractivity contribution in [2.75, 3.05) is 7.11 Å². The quantitative estimate of drug-likeness (QED) is 0.892. The van der Waals surface area contributed by atoms with Gasteiger partial charge in [-0.2, -0.15) is 5.26 Å². The Morgan fingerprint density at radius 2 is 1.73 bits per heavy atom. The summed E-state index contributed by atoms with van der Waals surface area (Å²) >= 11 is 0. The lowest BCUT2D eigenvalue weighted by Crippen LogP contribution is -2.24. The number of rotatable bonds is 5. The highest BCUT2D eigenvalue weighted by atomic mass is 35.5. The Labute approximate surface area is 138 Å². The number of aryl methyl sites for hydroxylation is 1. The van der Waals surface area contributed by atoms with E-state index in [0.717, 1.165) is 22.4 Å². The van der Waals surface area contributed by atoms with Crippen molar-refractivity contribution in [2.24, 2.45) is 0 Å². The van der Waals surface area contributed by atoms with Crippen LogP contribution in [0.15, 0.2) is 48.5 Å². The van der Waals surface area contributed by atoms with Gasteiger partial charge in [-0.05, 0) is 42.7 Å². The van der Waals surface area contributed by atoms with Crippen molar-refractivity contribution >= 4 is 12.4 Å². The Morgan fingerprint density at radius 1 is 1.09 bits per heavy atom. The Hall–Kier alpha value is -2.02. The van der Waals surface area contributed by atoms with Crippen LogP contribution in [0.4, 0.5) is 0 Å². The number of ether oxygens (including phenoxy) is 1. The van der Waals surface area contributed by atoms with Gasteiger partial charge in [0, 0.05) is 6.04 Å². The fourth-order valence-electron chi connectivity index (χ4n) is 2.35. The molecule has 2 aromatic carbocycles. The molecule has 22 heavy (non-hydrogen) atoms. The molecule has 0 saturated heterocycles. The maximum absolute atomic E-state index is 9.45. The van der Waals surface area contributed by atoms with Gasteiger partial charge in [-0.25, -0.2) is 0 Å². The smallest absolute Gasteiger partial charge is 0.122 e. The summed E-state index contributed by atoms with van der Waals surface area (Å²) in [5, 5.41) is 12.8. The highest BCUT2D eigenvalue weighted by Gasteiger charge is 2.16. The third kappa shape index (κ3) is 4.24. The molecule has 0 aromatic heterocycles. The van der Waals surface area contributed by atoms with Crippen LogP contribution < -0.4 is 10.1 Å². The predicted molar refractivity (Wildman–Crippen MR) is 91.3 cm³/mol. The van der Waals surface area contributed by atoms with Gasteiger partial charge >= 0.3 is 0 Å². The minimum Gasteiger partial charge on any atom is -0.497 e. The maximum Gasteiger partial charge on any atom is 0.122 e. The van der Waals surface area contributed by atoms with Crippen molar-refractivity contribution in [3.63, 3.8) is 0 Å². The van der Waals surface area contributed by atoms with Crippen molar-refractivity contribution in [3.8, 4) is 11.8 Å². The Kier molecular flexibility index (Phi) is 6.91. The number of halogens is 1. The molecule has 2 aromatic rings. The average molecular weight is 317 g/mol. The van der Waals surface area contributed by atoms with Crippen LogP contribution in [0.5, 0.6) is 5.75 Å². The van der Waals surface area contributed by atoms with E-state index < -0.39 is 0 Å². The molecule has 0 unspecified atom stereocenters. The number of nitriles is 1. The number of benzene rings is 2. The molecule has 4 heteroatoms. The number of hydrogen-bond donors (Lipinski definition) is 1. The SMILES string of the molecule is COc1ccc([C@H](C)N[C@H](C#N)c2ccccc2C)cc1.Cl. The van der Waals surface area contributed by atoms with Crippen LogP contribution >= 0.6 is 12.4 Å². The van der Waals surface area contributed by atoms with Gasteiger partial charge in [-0.15, -0.1) is 12.4 Å². The lowest BCUT2D eigenvalue weighted by atomic mass is 10.00.